The van der Waals surface area contributed by atoms with E-state index in [0.29, 0.717) is 5.76 Å². The van der Waals surface area contributed by atoms with Crippen molar-refractivity contribution in [1.29, 1.82) is 0 Å². The van der Waals surface area contributed by atoms with Gasteiger partial charge in [-0.25, -0.2) is 0 Å². The maximum atomic E-state index is 11.1. The van der Waals surface area contributed by atoms with Gasteiger partial charge in [0.05, 0.1) is 12.3 Å². The number of hydrogen-bond donors (Lipinski definition) is 3. The monoisotopic (exact) mass is 226 g/mol. The molecular weight excluding hydrogens is 208 g/mol. The van der Waals surface area contributed by atoms with Crippen molar-refractivity contribution in [3.63, 3.8) is 0 Å². The van der Waals surface area contributed by atoms with Gasteiger partial charge in [0.25, 0.3) is 0 Å². The first-order valence-electron chi connectivity index (χ1n) is 5.26. The molecule has 0 bridgehead atoms. The smallest absolute Gasteiger partial charge is 0.234 e. The van der Waals surface area contributed by atoms with E-state index in [2.05, 4.69) is 5.32 Å². The number of rotatable bonds is 6. The van der Waals surface area contributed by atoms with Gasteiger partial charge in [-0.05, 0) is 18.1 Å². The molecule has 0 radical (unpaired) electrons. The number of nitrogens with two attached hydrogens (primary N) is 1. The standard InChI is InChI=1S/C11H18N2O3/c1-7(2)10(11(12)15)13-6-8(14)9-4-3-5-16-9/h3-5,7-8,10,13-14H,6H2,1-2H3,(H2,12,15). The molecule has 1 aromatic rings. The lowest BCUT2D eigenvalue weighted by molar-refractivity contribution is -0.121. The van der Waals surface area contributed by atoms with Gasteiger partial charge in [0.1, 0.15) is 11.9 Å². The first-order chi connectivity index (χ1) is 7.52. The van der Waals surface area contributed by atoms with E-state index in [1.54, 1.807) is 12.1 Å². The molecule has 1 aromatic heterocycles. The van der Waals surface area contributed by atoms with E-state index in [1.165, 1.54) is 6.26 Å². The van der Waals surface area contributed by atoms with E-state index in [9.17, 15) is 9.90 Å². The van der Waals surface area contributed by atoms with Gasteiger partial charge < -0.3 is 20.6 Å². The summed E-state index contributed by atoms with van der Waals surface area (Å²) in [4.78, 5) is 11.1. The number of nitrogens with one attached hydrogen (secondary N) is 1. The third-order valence-corrected chi connectivity index (χ3v) is 2.38. The Balaban J connectivity index is 2.46. The molecule has 0 saturated carbocycles. The summed E-state index contributed by atoms with van der Waals surface area (Å²) in [6, 6.07) is 2.94. The number of primary amides is 1. The van der Waals surface area contributed by atoms with Crippen molar-refractivity contribution in [2.75, 3.05) is 6.54 Å². The molecule has 0 spiro atoms. The van der Waals surface area contributed by atoms with Crippen LogP contribution in [0, 0.1) is 5.92 Å². The van der Waals surface area contributed by atoms with Gasteiger partial charge in [0, 0.05) is 6.54 Å². The molecule has 0 aliphatic carbocycles. The van der Waals surface area contributed by atoms with Gasteiger partial charge in [-0.1, -0.05) is 13.8 Å². The Labute approximate surface area is 94.6 Å². The largest absolute Gasteiger partial charge is 0.467 e. The summed E-state index contributed by atoms with van der Waals surface area (Å²) in [5, 5.41) is 12.6. The van der Waals surface area contributed by atoms with Crippen LogP contribution in [0.1, 0.15) is 25.7 Å². The van der Waals surface area contributed by atoms with Gasteiger partial charge in [0.15, 0.2) is 0 Å². The first-order valence-corrected chi connectivity index (χ1v) is 5.26. The van der Waals surface area contributed by atoms with Crippen molar-refractivity contribution < 1.29 is 14.3 Å². The first kappa shape index (κ1) is 12.7. The van der Waals surface area contributed by atoms with Crippen LogP contribution in [0.25, 0.3) is 0 Å². The second-order valence-corrected chi connectivity index (χ2v) is 4.06. The van der Waals surface area contributed by atoms with Crippen molar-refractivity contribution in [2.24, 2.45) is 11.7 Å². The Morgan fingerprint density at radius 1 is 1.62 bits per heavy atom. The van der Waals surface area contributed by atoms with Crippen LogP contribution in [-0.2, 0) is 4.79 Å². The number of furan rings is 1. The van der Waals surface area contributed by atoms with E-state index >= 15 is 0 Å². The molecule has 0 aliphatic heterocycles. The van der Waals surface area contributed by atoms with Crippen LogP contribution < -0.4 is 11.1 Å². The Morgan fingerprint density at radius 2 is 2.31 bits per heavy atom. The van der Waals surface area contributed by atoms with E-state index < -0.39 is 18.1 Å². The molecule has 90 valence electrons. The van der Waals surface area contributed by atoms with Gasteiger partial charge in [-0.2, -0.15) is 0 Å². The van der Waals surface area contributed by atoms with Gasteiger partial charge >= 0.3 is 0 Å². The summed E-state index contributed by atoms with van der Waals surface area (Å²) >= 11 is 0. The molecule has 0 saturated heterocycles. The zero-order chi connectivity index (χ0) is 12.1. The molecular formula is C11H18N2O3. The third kappa shape index (κ3) is 3.36. The molecule has 0 fully saturated rings. The topological polar surface area (TPSA) is 88.5 Å². The van der Waals surface area contributed by atoms with Crippen LogP contribution in [-0.4, -0.2) is 23.6 Å². The highest BCUT2D eigenvalue weighted by Gasteiger charge is 2.20. The highest BCUT2D eigenvalue weighted by Crippen LogP contribution is 2.12. The summed E-state index contributed by atoms with van der Waals surface area (Å²) in [7, 11) is 0. The summed E-state index contributed by atoms with van der Waals surface area (Å²) in [6.07, 6.45) is 0.725. The average Bonchev–Trinajstić information content (AvgIpc) is 2.69. The maximum absolute atomic E-state index is 11.1. The normalized spacial score (nSPS) is 15.0. The highest BCUT2D eigenvalue weighted by molar-refractivity contribution is 5.80. The molecule has 2 atom stereocenters. The van der Waals surface area contributed by atoms with Crippen LogP contribution in [0.5, 0.6) is 0 Å². The van der Waals surface area contributed by atoms with E-state index in [4.69, 9.17) is 10.2 Å². The lowest BCUT2D eigenvalue weighted by Gasteiger charge is -2.20. The van der Waals surface area contributed by atoms with E-state index in [-0.39, 0.29) is 12.5 Å². The zero-order valence-corrected chi connectivity index (χ0v) is 9.51. The molecule has 2 unspecified atom stereocenters. The number of aliphatic hydroxyl groups excluding tert-OH is 1. The molecule has 5 nitrogen and oxygen atoms in total. The lowest BCUT2D eigenvalue weighted by atomic mass is 10.0. The quantitative estimate of drug-likeness (QED) is 0.655. The van der Waals surface area contributed by atoms with E-state index in [0.717, 1.165) is 0 Å². The Bertz CT molecular complexity index is 322. The number of carbonyl (C=O) groups excluding carboxylic acids is 1. The minimum atomic E-state index is -0.768. The summed E-state index contributed by atoms with van der Waals surface area (Å²) in [5.41, 5.74) is 5.24. The summed E-state index contributed by atoms with van der Waals surface area (Å²) < 4.78 is 5.04. The lowest BCUT2D eigenvalue weighted by Crippen LogP contribution is -2.46. The molecule has 5 heteroatoms. The zero-order valence-electron chi connectivity index (χ0n) is 9.51. The molecule has 0 aromatic carbocycles. The van der Waals surface area contributed by atoms with Crippen LogP contribution in [0.15, 0.2) is 22.8 Å². The molecule has 1 heterocycles. The fraction of sp³-hybridized carbons (Fsp3) is 0.545. The van der Waals surface area contributed by atoms with Crippen LogP contribution >= 0.6 is 0 Å². The van der Waals surface area contributed by atoms with Crippen molar-refractivity contribution in [3.8, 4) is 0 Å². The number of carbonyl (C=O) groups is 1. The number of aliphatic hydroxyl groups is 1. The van der Waals surface area contributed by atoms with Gasteiger partial charge in [0.2, 0.25) is 5.91 Å². The fourth-order valence-corrected chi connectivity index (χ4v) is 1.48. The molecule has 4 N–H and O–H groups in total. The van der Waals surface area contributed by atoms with Crippen LogP contribution in [0.2, 0.25) is 0 Å². The van der Waals surface area contributed by atoms with Crippen molar-refractivity contribution in [1.82, 2.24) is 5.32 Å². The van der Waals surface area contributed by atoms with Crippen molar-refractivity contribution >= 4 is 5.91 Å². The minimum Gasteiger partial charge on any atom is -0.467 e. The highest BCUT2D eigenvalue weighted by atomic mass is 16.4. The fourth-order valence-electron chi connectivity index (χ4n) is 1.48. The van der Waals surface area contributed by atoms with Crippen LogP contribution in [0.3, 0.4) is 0 Å². The SMILES string of the molecule is CC(C)C(NCC(O)c1ccco1)C(N)=O. The second-order valence-electron chi connectivity index (χ2n) is 4.06. The van der Waals surface area contributed by atoms with E-state index in [1.807, 2.05) is 13.8 Å². The third-order valence-electron chi connectivity index (χ3n) is 2.38. The molecule has 0 aliphatic rings. The summed E-state index contributed by atoms with van der Waals surface area (Å²) in [6.45, 7) is 4.02. The summed E-state index contributed by atoms with van der Waals surface area (Å²) in [5.74, 6) is 0.141. The maximum Gasteiger partial charge on any atom is 0.234 e. The molecule has 16 heavy (non-hydrogen) atoms. The average molecular weight is 226 g/mol. The predicted molar refractivity (Wildman–Crippen MR) is 59.5 cm³/mol. The molecule has 1 amide bonds. The Kier molecular flexibility index (Phi) is 4.52. The van der Waals surface area contributed by atoms with Crippen LogP contribution in [0.4, 0.5) is 0 Å². The minimum absolute atomic E-state index is 0.0845. The predicted octanol–water partition coefficient (Wildman–Crippen LogP) is 0.413. The van der Waals surface area contributed by atoms with Gasteiger partial charge in [-0.15, -0.1) is 0 Å². The van der Waals surface area contributed by atoms with Crippen molar-refractivity contribution in [2.45, 2.75) is 26.0 Å². The Morgan fingerprint density at radius 3 is 2.75 bits per heavy atom. The number of amides is 1. The number of hydrogen-bond acceptors (Lipinski definition) is 4. The Hall–Kier alpha value is -1.33. The van der Waals surface area contributed by atoms with Crippen molar-refractivity contribution in [3.05, 3.63) is 24.2 Å². The van der Waals surface area contributed by atoms with Gasteiger partial charge in [-0.3, -0.25) is 4.79 Å². The second kappa shape index (κ2) is 5.67. The molecule has 1 rings (SSSR count).